The van der Waals surface area contributed by atoms with Crippen LogP contribution in [0.1, 0.15) is 26.2 Å². The summed E-state index contributed by atoms with van der Waals surface area (Å²) in [7, 11) is 0. The highest BCUT2D eigenvalue weighted by Crippen LogP contribution is 2.16. The number of halogens is 1. The van der Waals surface area contributed by atoms with Crippen molar-refractivity contribution < 1.29 is 14.3 Å². The van der Waals surface area contributed by atoms with Gasteiger partial charge in [0.2, 0.25) is 0 Å². The predicted molar refractivity (Wildman–Crippen MR) is 70.1 cm³/mol. The van der Waals surface area contributed by atoms with Gasteiger partial charge in [0.05, 0.1) is 19.6 Å². The van der Waals surface area contributed by atoms with Gasteiger partial charge in [-0.2, -0.15) is 0 Å². The molecule has 0 saturated carbocycles. The number of esters is 1. The zero-order valence-electron chi connectivity index (χ0n) is 9.95. The summed E-state index contributed by atoms with van der Waals surface area (Å²) in [6, 6.07) is 7.50. The van der Waals surface area contributed by atoms with Gasteiger partial charge in [0.15, 0.2) is 0 Å². The van der Waals surface area contributed by atoms with Crippen LogP contribution in [-0.2, 0) is 9.53 Å². The predicted octanol–water partition coefficient (Wildman–Crippen LogP) is 3.56. The van der Waals surface area contributed by atoms with Crippen molar-refractivity contribution in [2.75, 3.05) is 13.2 Å². The summed E-state index contributed by atoms with van der Waals surface area (Å²) < 4.78 is 11.4. The lowest BCUT2D eigenvalue weighted by molar-refractivity contribution is -0.144. The Morgan fingerprint density at radius 1 is 1.24 bits per heavy atom. The molecule has 0 aliphatic rings. The molecule has 0 spiro atoms. The van der Waals surface area contributed by atoms with E-state index in [1.807, 2.05) is 24.3 Å². The molecule has 1 aromatic rings. The molecule has 94 valence electrons. The summed E-state index contributed by atoms with van der Waals surface area (Å²) >= 11 is 3.34. The Hall–Kier alpha value is -1.03. The number of carbonyl (C=O) groups excluding carboxylic acids is 1. The van der Waals surface area contributed by atoms with Crippen molar-refractivity contribution in [3.8, 4) is 5.75 Å². The van der Waals surface area contributed by atoms with Crippen molar-refractivity contribution in [1.82, 2.24) is 0 Å². The number of ether oxygens (including phenoxy) is 2. The summed E-state index contributed by atoms with van der Waals surface area (Å²) in [6.07, 6.45) is 2.24. The first-order chi connectivity index (χ1) is 8.22. The van der Waals surface area contributed by atoms with Gasteiger partial charge in [-0.25, -0.2) is 0 Å². The minimum atomic E-state index is -0.199. The van der Waals surface area contributed by atoms with Crippen molar-refractivity contribution in [2.24, 2.45) is 0 Å². The Bertz CT molecular complexity index is 335. The fourth-order valence-corrected chi connectivity index (χ4v) is 1.45. The van der Waals surface area contributed by atoms with Crippen molar-refractivity contribution in [3.05, 3.63) is 28.7 Å². The van der Waals surface area contributed by atoms with Gasteiger partial charge < -0.3 is 9.47 Å². The minimum absolute atomic E-state index is 0.199. The number of benzene rings is 1. The van der Waals surface area contributed by atoms with Gasteiger partial charge in [-0.1, -0.05) is 29.3 Å². The quantitative estimate of drug-likeness (QED) is 0.570. The Labute approximate surface area is 110 Å². The molecule has 0 radical (unpaired) electrons. The maximum Gasteiger partial charge on any atom is 0.309 e. The van der Waals surface area contributed by atoms with Crippen LogP contribution in [0.4, 0.5) is 0 Å². The molecule has 0 unspecified atom stereocenters. The molecular weight excluding hydrogens is 284 g/mol. The van der Waals surface area contributed by atoms with E-state index in [1.54, 1.807) is 0 Å². The molecule has 3 nitrogen and oxygen atoms in total. The van der Waals surface area contributed by atoms with E-state index < -0.39 is 0 Å². The molecule has 0 aromatic heterocycles. The van der Waals surface area contributed by atoms with Crippen LogP contribution in [0, 0.1) is 0 Å². The Balaban J connectivity index is 2.14. The van der Waals surface area contributed by atoms with Crippen molar-refractivity contribution in [3.63, 3.8) is 0 Å². The normalized spacial score (nSPS) is 10.0. The van der Waals surface area contributed by atoms with Crippen LogP contribution < -0.4 is 4.74 Å². The van der Waals surface area contributed by atoms with Gasteiger partial charge >= 0.3 is 5.97 Å². The monoisotopic (exact) mass is 300 g/mol. The molecule has 0 saturated heterocycles. The summed E-state index contributed by atoms with van der Waals surface area (Å²) in [5.41, 5.74) is 0. The molecule has 1 aromatic carbocycles. The van der Waals surface area contributed by atoms with E-state index in [2.05, 4.69) is 22.9 Å². The Morgan fingerprint density at radius 3 is 2.59 bits per heavy atom. The zero-order valence-corrected chi connectivity index (χ0v) is 11.5. The summed E-state index contributed by atoms with van der Waals surface area (Å²) in [6.45, 7) is 2.92. The number of carbonyl (C=O) groups is 1. The first-order valence-corrected chi connectivity index (χ1v) is 6.55. The largest absolute Gasteiger partial charge is 0.493 e. The number of hydrogen-bond acceptors (Lipinski definition) is 3. The van der Waals surface area contributed by atoms with E-state index in [0.29, 0.717) is 19.6 Å². The number of hydrogen-bond donors (Lipinski definition) is 0. The standard InChI is InChI=1S/C13H17BrO3/c1-2-3-9-17-13(15)8-10-16-12-6-4-11(14)5-7-12/h4-7H,2-3,8-10H2,1H3. The lowest BCUT2D eigenvalue weighted by atomic mass is 10.3. The maximum absolute atomic E-state index is 11.3. The lowest BCUT2D eigenvalue weighted by Gasteiger charge is -2.06. The molecule has 4 heteroatoms. The van der Waals surface area contributed by atoms with Gasteiger partial charge in [0, 0.05) is 4.47 Å². The fraction of sp³-hybridized carbons (Fsp3) is 0.462. The van der Waals surface area contributed by atoms with Crippen LogP contribution in [0.3, 0.4) is 0 Å². The van der Waals surface area contributed by atoms with Gasteiger partial charge in [0.1, 0.15) is 5.75 Å². The van der Waals surface area contributed by atoms with E-state index in [4.69, 9.17) is 9.47 Å². The number of unbranched alkanes of at least 4 members (excludes halogenated alkanes) is 1. The maximum atomic E-state index is 11.3. The first-order valence-electron chi connectivity index (χ1n) is 5.76. The van der Waals surface area contributed by atoms with E-state index in [9.17, 15) is 4.79 Å². The fourth-order valence-electron chi connectivity index (χ4n) is 1.19. The molecular formula is C13H17BrO3. The molecule has 0 fully saturated rings. The third kappa shape index (κ3) is 6.31. The average Bonchev–Trinajstić information content (AvgIpc) is 2.32. The summed E-state index contributed by atoms with van der Waals surface area (Å²) in [4.78, 5) is 11.3. The smallest absolute Gasteiger partial charge is 0.309 e. The van der Waals surface area contributed by atoms with E-state index >= 15 is 0 Å². The lowest BCUT2D eigenvalue weighted by Crippen LogP contribution is -2.10. The second-order valence-electron chi connectivity index (χ2n) is 3.63. The van der Waals surface area contributed by atoms with Crippen LogP contribution in [0.25, 0.3) is 0 Å². The van der Waals surface area contributed by atoms with Crippen molar-refractivity contribution >= 4 is 21.9 Å². The van der Waals surface area contributed by atoms with Crippen LogP contribution in [0.15, 0.2) is 28.7 Å². The minimum Gasteiger partial charge on any atom is -0.493 e. The van der Waals surface area contributed by atoms with Crippen LogP contribution in [-0.4, -0.2) is 19.2 Å². The molecule has 1 rings (SSSR count). The average molecular weight is 301 g/mol. The third-order valence-electron chi connectivity index (χ3n) is 2.15. The first kappa shape index (κ1) is 14.0. The summed E-state index contributed by atoms with van der Waals surface area (Å²) in [5, 5.41) is 0. The van der Waals surface area contributed by atoms with Gasteiger partial charge in [-0.15, -0.1) is 0 Å². The Morgan fingerprint density at radius 2 is 1.94 bits per heavy atom. The SMILES string of the molecule is CCCCOC(=O)CCOc1ccc(Br)cc1. The van der Waals surface area contributed by atoms with Crippen LogP contribution in [0.2, 0.25) is 0 Å². The van der Waals surface area contributed by atoms with E-state index in [-0.39, 0.29) is 5.97 Å². The van der Waals surface area contributed by atoms with Crippen LogP contribution in [0.5, 0.6) is 5.75 Å². The molecule has 0 amide bonds. The molecule has 0 aliphatic carbocycles. The zero-order chi connectivity index (χ0) is 12.5. The van der Waals surface area contributed by atoms with Crippen LogP contribution >= 0.6 is 15.9 Å². The van der Waals surface area contributed by atoms with E-state index in [1.165, 1.54) is 0 Å². The van der Waals surface area contributed by atoms with Gasteiger partial charge in [-0.3, -0.25) is 4.79 Å². The highest BCUT2D eigenvalue weighted by atomic mass is 79.9. The molecule has 0 heterocycles. The molecule has 0 atom stereocenters. The number of rotatable bonds is 7. The molecule has 0 N–H and O–H groups in total. The summed E-state index contributed by atoms with van der Waals surface area (Å²) in [5.74, 6) is 0.560. The van der Waals surface area contributed by atoms with E-state index in [0.717, 1.165) is 23.1 Å². The second kappa shape index (κ2) is 8.12. The Kier molecular flexibility index (Phi) is 6.70. The highest BCUT2D eigenvalue weighted by Gasteiger charge is 2.02. The molecule has 0 bridgehead atoms. The second-order valence-corrected chi connectivity index (χ2v) is 4.54. The molecule has 17 heavy (non-hydrogen) atoms. The van der Waals surface area contributed by atoms with Crippen molar-refractivity contribution in [1.29, 1.82) is 0 Å². The van der Waals surface area contributed by atoms with Crippen molar-refractivity contribution in [2.45, 2.75) is 26.2 Å². The third-order valence-corrected chi connectivity index (χ3v) is 2.68. The highest BCUT2D eigenvalue weighted by molar-refractivity contribution is 9.10. The topological polar surface area (TPSA) is 35.5 Å². The van der Waals surface area contributed by atoms with Gasteiger partial charge in [-0.05, 0) is 30.7 Å². The molecule has 0 aliphatic heterocycles. The van der Waals surface area contributed by atoms with Gasteiger partial charge in [0.25, 0.3) is 0 Å².